The SMILES string of the molecule is Cc1cc(O[Si](C)(C)C(C)(C)C)c(C(C)C)cc1Cl. The third-order valence-corrected chi connectivity index (χ3v) is 8.83. The fourth-order valence-electron chi connectivity index (χ4n) is 1.64. The second-order valence-corrected chi connectivity index (χ2v) is 12.3. The monoisotopic (exact) mass is 298 g/mol. The lowest BCUT2D eigenvalue weighted by molar-refractivity contribution is 0.484. The number of aryl methyl sites for hydroxylation is 1. The van der Waals surface area contributed by atoms with Crippen LogP contribution in [-0.2, 0) is 0 Å². The largest absolute Gasteiger partial charge is 0.543 e. The molecular formula is C16H27ClOSi. The van der Waals surface area contributed by atoms with Crippen LogP contribution in [0, 0.1) is 6.92 Å². The van der Waals surface area contributed by atoms with E-state index in [9.17, 15) is 0 Å². The lowest BCUT2D eigenvalue weighted by atomic mass is 10.0. The molecule has 0 aromatic heterocycles. The molecular weight excluding hydrogens is 272 g/mol. The van der Waals surface area contributed by atoms with Crippen LogP contribution in [0.4, 0.5) is 0 Å². The summed E-state index contributed by atoms with van der Waals surface area (Å²) in [6, 6.07) is 4.15. The summed E-state index contributed by atoms with van der Waals surface area (Å²) >= 11 is 6.25. The molecule has 0 atom stereocenters. The van der Waals surface area contributed by atoms with Gasteiger partial charge in [-0.05, 0) is 54.2 Å². The van der Waals surface area contributed by atoms with Crippen molar-refractivity contribution in [1.82, 2.24) is 0 Å². The minimum absolute atomic E-state index is 0.203. The highest BCUT2D eigenvalue weighted by Crippen LogP contribution is 2.40. The zero-order valence-corrected chi connectivity index (χ0v) is 15.3. The predicted octanol–water partition coefficient (Wildman–Crippen LogP) is 6.16. The van der Waals surface area contributed by atoms with Crippen LogP contribution < -0.4 is 4.43 Å². The van der Waals surface area contributed by atoms with Crippen LogP contribution in [0.1, 0.15) is 51.7 Å². The topological polar surface area (TPSA) is 9.23 Å². The highest BCUT2D eigenvalue weighted by atomic mass is 35.5. The quantitative estimate of drug-likeness (QED) is 0.608. The smallest absolute Gasteiger partial charge is 0.250 e. The van der Waals surface area contributed by atoms with Crippen LogP contribution in [0.15, 0.2) is 12.1 Å². The Morgan fingerprint density at radius 2 is 1.68 bits per heavy atom. The molecule has 0 radical (unpaired) electrons. The molecule has 0 aliphatic rings. The molecule has 1 rings (SSSR count). The first-order valence-corrected chi connectivity index (χ1v) is 10.2. The van der Waals surface area contributed by atoms with Gasteiger partial charge in [0.15, 0.2) is 0 Å². The van der Waals surface area contributed by atoms with Gasteiger partial charge in [-0.1, -0.05) is 46.2 Å². The van der Waals surface area contributed by atoms with Gasteiger partial charge in [-0.25, -0.2) is 0 Å². The first kappa shape index (κ1) is 16.6. The van der Waals surface area contributed by atoms with Crippen molar-refractivity contribution in [1.29, 1.82) is 0 Å². The zero-order valence-electron chi connectivity index (χ0n) is 13.5. The van der Waals surface area contributed by atoms with Gasteiger partial charge in [0.25, 0.3) is 0 Å². The third kappa shape index (κ3) is 3.76. The third-order valence-electron chi connectivity index (χ3n) is 4.08. The number of benzene rings is 1. The first-order valence-electron chi connectivity index (χ1n) is 6.95. The highest BCUT2D eigenvalue weighted by Gasteiger charge is 2.39. The normalized spacial score (nSPS) is 12.9. The second-order valence-electron chi connectivity index (χ2n) is 7.16. The lowest BCUT2D eigenvalue weighted by Gasteiger charge is -2.37. The molecule has 19 heavy (non-hydrogen) atoms. The summed E-state index contributed by atoms with van der Waals surface area (Å²) in [7, 11) is -1.81. The maximum atomic E-state index is 6.47. The van der Waals surface area contributed by atoms with Gasteiger partial charge < -0.3 is 4.43 Å². The average Bonchev–Trinajstić information content (AvgIpc) is 2.20. The number of halogens is 1. The van der Waals surface area contributed by atoms with E-state index in [0.717, 1.165) is 16.3 Å². The van der Waals surface area contributed by atoms with Gasteiger partial charge in [0, 0.05) is 5.02 Å². The molecule has 1 aromatic carbocycles. The molecule has 0 spiro atoms. The van der Waals surface area contributed by atoms with Crippen LogP contribution in [0.3, 0.4) is 0 Å². The summed E-state index contributed by atoms with van der Waals surface area (Å²) in [4.78, 5) is 0. The van der Waals surface area contributed by atoms with Gasteiger partial charge >= 0.3 is 0 Å². The van der Waals surface area contributed by atoms with E-state index in [1.54, 1.807) is 0 Å². The Bertz CT molecular complexity index is 459. The van der Waals surface area contributed by atoms with Crippen LogP contribution in [0.2, 0.25) is 23.2 Å². The van der Waals surface area contributed by atoms with E-state index in [1.807, 2.05) is 6.92 Å². The molecule has 0 bridgehead atoms. The second kappa shape index (κ2) is 5.49. The Morgan fingerprint density at radius 1 is 1.16 bits per heavy atom. The summed E-state index contributed by atoms with van der Waals surface area (Å²) in [5, 5.41) is 1.03. The standard InChI is InChI=1S/C16H27ClOSi/c1-11(2)13-10-14(17)12(3)9-15(13)18-19(7,8)16(4,5)6/h9-11H,1-8H3. The molecule has 108 valence electrons. The number of hydrogen-bond donors (Lipinski definition) is 0. The number of hydrogen-bond acceptors (Lipinski definition) is 1. The van der Waals surface area contributed by atoms with Gasteiger partial charge in [-0.2, -0.15) is 0 Å². The Morgan fingerprint density at radius 3 is 2.11 bits per heavy atom. The molecule has 0 fully saturated rings. The van der Waals surface area contributed by atoms with Crippen molar-refractivity contribution >= 4 is 19.9 Å². The predicted molar refractivity (Wildman–Crippen MR) is 88.1 cm³/mol. The zero-order chi connectivity index (χ0) is 15.0. The maximum Gasteiger partial charge on any atom is 0.250 e. The van der Waals surface area contributed by atoms with E-state index in [2.05, 4.69) is 59.8 Å². The molecule has 0 unspecified atom stereocenters. The van der Waals surface area contributed by atoms with Crippen molar-refractivity contribution in [2.45, 2.75) is 65.6 Å². The average molecular weight is 299 g/mol. The van der Waals surface area contributed by atoms with E-state index >= 15 is 0 Å². The van der Waals surface area contributed by atoms with E-state index in [0.29, 0.717) is 5.92 Å². The molecule has 1 aromatic rings. The fraction of sp³-hybridized carbons (Fsp3) is 0.625. The molecule has 0 heterocycles. The molecule has 0 aliphatic heterocycles. The van der Waals surface area contributed by atoms with Gasteiger partial charge in [0.2, 0.25) is 8.32 Å². The number of rotatable bonds is 3. The Balaban J connectivity index is 3.24. The van der Waals surface area contributed by atoms with Gasteiger partial charge in [-0.15, -0.1) is 0 Å². The van der Waals surface area contributed by atoms with E-state index < -0.39 is 8.32 Å². The van der Waals surface area contributed by atoms with Crippen LogP contribution in [0.25, 0.3) is 0 Å². The van der Waals surface area contributed by atoms with Crippen molar-refractivity contribution in [2.75, 3.05) is 0 Å². The molecule has 0 saturated heterocycles. The van der Waals surface area contributed by atoms with E-state index in [-0.39, 0.29) is 5.04 Å². The first-order chi connectivity index (χ1) is 8.45. The summed E-state index contributed by atoms with van der Waals surface area (Å²) in [5.41, 5.74) is 2.29. The minimum Gasteiger partial charge on any atom is -0.543 e. The maximum absolute atomic E-state index is 6.47. The molecule has 1 nitrogen and oxygen atoms in total. The van der Waals surface area contributed by atoms with Crippen LogP contribution >= 0.6 is 11.6 Å². The van der Waals surface area contributed by atoms with Crippen LogP contribution in [-0.4, -0.2) is 8.32 Å². The van der Waals surface area contributed by atoms with Crippen molar-refractivity contribution in [2.24, 2.45) is 0 Å². The Hall–Kier alpha value is -0.473. The van der Waals surface area contributed by atoms with Gasteiger partial charge in [0.1, 0.15) is 5.75 Å². The van der Waals surface area contributed by atoms with E-state index in [1.165, 1.54) is 5.56 Å². The summed E-state index contributed by atoms with van der Waals surface area (Å²) < 4.78 is 6.47. The summed E-state index contributed by atoms with van der Waals surface area (Å²) in [6.07, 6.45) is 0. The van der Waals surface area contributed by atoms with Gasteiger partial charge in [0.05, 0.1) is 0 Å². The van der Waals surface area contributed by atoms with Crippen molar-refractivity contribution in [3.05, 3.63) is 28.3 Å². The summed E-state index contributed by atoms with van der Waals surface area (Å²) in [5.74, 6) is 1.43. The molecule has 0 aliphatic carbocycles. The van der Waals surface area contributed by atoms with E-state index in [4.69, 9.17) is 16.0 Å². The van der Waals surface area contributed by atoms with Gasteiger partial charge in [-0.3, -0.25) is 0 Å². The summed E-state index contributed by atoms with van der Waals surface area (Å²) in [6.45, 7) is 17.7. The highest BCUT2D eigenvalue weighted by molar-refractivity contribution is 6.74. The molecule has 3 heteroatoms. The minimum atomic E-state index is -1.81. The van der Waals surface area contributed by atoms with Crippen molar-refractivity contribution in [3.63, 3.8) is 0 Å². The van der Waals surface area contributed by atoms with Crippen molar-refractivity contribution in [3.8, 4) is 5.75 Å². The Kier molecular flexibility index (Phi) is 4.79. The van der Waals surface area contributed by atoms with Crippen molar-refractivity contribution < 1.29 is 4.43 Å². The lowest BCUT2D eigenvalue weighted by Crippen LogP contribution is -2.44. The molecule has 0 amide bonds. The van der Waals surface area contributed by atoms with Crippen LogP contribution in [0.5, 0.6) is 5.75 Å². The fourth-order valence-corrected chi connectivity index (χ4v) is 2.84. The molecule has 0 N–H and O–H groups in total. The molecule has 0 saturated carbocycles. The Labute approximate surface area is 124 Å².